The van der Waals surface area contributed by atoms with E-state index >= 15 is 0 Å². The number of hydrogen-bond donors (Lipinski definition) is 0. The number of ether oxygens (including phenoxy) is 4. The second-order valence-corrected chi connectivity index (χ2v) is 8.62. The smallest absolute Gasteiger partial charge is 0.190 e. The van der Waals surface area contributed by atoms with Crippen molar-refractivity contribution in [2.45, 2.75) is 70.1 Å². The third-order valence-electron chi connectivity index (χ3n) is 5.45. The van der Waals surface area contributed by atoms with Crippen LogP contribution in [0.2, 0.25) is 10.0 Å². The van der Waals surface area contributed by atoms with E-state index in [0.29, 0.717) is 23.1 Å². The average Bonchev–Trinajstić information content (AvgIpc) is 3.16. The van der Waals surface area contributed by atoms with Gasteiger partial charge in [0.2, 0.25) is 0 Å². The van der Waals surface area contributed by atoms with Crippen LogP contribution in [0.4, 0.5) is 0 Å². The highest BCUT2D eigenvalue weighted by molar-refractivity contribution is 6.31. The lowest BCUT2D eigenvalue weighted by molar-refractivity contribution is -0.228. The van der Waals surface area contributed by atoms with Crippen molar-refractivity contribution in [3.8, 4) is 0 Å². The van der Waals surface area contributed by atoms with Gasteiger partial charge in [-0.05, 0) is 36.6 Å². The Kier molecular flexibility index (Phi) is 6.50. The van der Waals surface area contributed by atoms with Crippen molar-refractivity contribution in [3.05, 3.63) is 69.7 Å². The Morgan fingerprint density at radius 1 is 0.966 bits per heavy atom. The summed E-state index contributed by atoms with van der Waals surface area (Å²) in [6.45, 7) is 4.46. The molecule has 0 radical (unpaired) electrons. The van der Waals surface area contributed by atoms with Crippen molar-refractivity contribution in [3.63, 3.8) is 0 Å². The van der Waals surface area contributed by atoms with Gasteiger partial charge in [0, 0.05) is 16.5 Å². The van der Waals surface area contributed by atoms with Crippen LogP contribution in [0.15, 0.2) is 48.5 Å². The number of rotatable bonds is 7. The molecular formula is C23H26Cl2O4. The van der Waals surface area contributed by atoms with Gasteiger partial charge >= 0.3 is 0 Å². The Bertz CT molecular complexity index is 845. The monoisotopic (exact) mass is 436 g/mol. The molecule has 0 bridgehead atoms. The van der Waals surface area contributed by atoms with Crippen LogP contribution in [0.5, 0.6) is 0 Å². The predicted molar refractivity (Wildman–Crippen MR) is 113 cm³/mol. The molecular weight excluding hydrogens is 411 g/mol. The number of fused-ring (bicyclic) bond motifs is 1. The lowest BCUT2D eigenvalue weighted by Gasteiger charge is -2.28. The van der Waals surface area contributed by atoms with E-state index in [1.54, 1.807) is 0 Å². The molecule has 2 saturated heterocycles. The fourth-order valence-corrected chi connectivity index (χ4v) is 4.46. The molecule has 0 saturated carbocycles. The van der Waals surface area contributed by atoms with Crippen molar-refractivity contribution >= 4 is 23.2 Å². The first-order valence-corrected chi connectivity index (χ1v) is 10.8. The largest absolute Gasteiger partial charge is 0.368 e. The zero-order chi connectivity index (χ0) is 20.4. The van der Waals surface area contributed by atoms with Crippen LogP contribution in [0.25, 0.3) is 0 Å². The molecule has 1 unspecified atom stereocenters. The van der Waals surface area contributed by atoms with Gasteiger partial charge in [0.1, 0.15) is 12.2 Å². The van der Waals surface area contributed by atoms with Crippen LogP contribution < -0.4 is 0 Å². The van der Waals surface area contributed by atoms with Gasteiger partial charge in [-0.25, -0.2) is 0 Å². The normalized spacial score (nSPS) is 31.2. The molecule has 2 heterocycles. The van der Waals surface area contributed by atoms with Gasteiger partial charge in [-0.15, -0.1) is 0 Å². The van der Waals surface area contributed by atoms with Crippen LogP contribution in [-0.4, -0.2) is 30.4 Å². The first-order chi connectivity index (χ1) is 14.0. The first kappa shape index (κ1) is 21.1. The summed E-state index contributed by atoms with van der Waals surface area (Å²) < 4.78 is 25.0. The summed E-state index contributed by atoms with van der Waals surface area (Å²) in [7, 11) is 0. The van der Waals surface area contributed by atoms with Gasteiger partial charge in [0.25, 0.3) is 0 Å². The molecule has 4 rings (SSSR count). The molecule has 0 N–H and O–H groups in total. The minimum absolute atomic E-state index is 0.0673. The second kappa shape index (κ2) is 8.93. The average molecular weight is 437 g/mol. The van der Waals surface area contributed by atoms with E-state index in [1.165, 1.54) is 0 Å². The molecule has 2 aliphatic heterocycles. The third-order valence-corrected chi connectivity index (χ3v) is 6.19. The Hall–Kier alpha value is -1.14. The molecule has 6 heteroatoms. The Balaban J connectivity index is 1.47. The van der Waals surface area contributed by atoms with Gasteiger partial charge in [-0.1, -0.05) is 72.9 Å². The summed E-state index contributed by atoms with van der Waals surface area (Å²) >= 11 is 12.6. The lowest BCUT2D eigenvalue weighted by Crippen LogP contribution is -2.38. The fourth-order valence-electron chi connectivity index (χ4n) is 4.06. The predicted octanol–water partition coefficient (Wildman–Crippen LogP) is 5.78. The molecule has 4 nitrogen and oxygen atoms in total. The molecule has 5 atom stereocenters. The van der Waals surface area contributed by atoms with Crippen LogP contribution in [-0.2, 0) is 32.0 Å². The van der Waals surface area contributed by atoms with E-state index in [2.05, 4.69) is 6.92 Å². The third kappa shape index (κ3) is 4.63. The zero-order valence-corrected chi connectivity index (χ0v) is 18.2. The summed E-state index contributed by atoms with van der Waals surface area (Å²) in [5.41, 5.74) is 1.93. The van der Waals surface area contributed by atoms with Gasteiger partial charge in [-0.2, -0.15) is 0 Å². The van der Waals surface area contributed by atoms with Crippen molar-refractivity contribution in [1.29, 1.82) is 0 Å². The van der Waals surface area contributed by atoms with E-state index in [0.717, 1.165) is 24.0 Å². The maximum atomic E-state index is 6.38. The molecule has 156 valence electrons. The highest BCUT2D eigenvalue weighted by atomic mass is 35.5. The first-order valence-electron chi connectivity index (χ1n) is 10.1. The van der Waals surface area contributed by atoms with Crippen LogP contribution in [0.1, 0.15) is 37.8 Å². The Labute approximate surface area is 182 Å². The van der Waals surface area contributed by atoms with Crippen LogP contribution in [0.3, 0.4) is 0 Å². The molecule has 0 spiro atoms. The standard InChI is InChI=1S/C23H26Cl2O4/c1-3-8-19-20(26-14-16-10-5-7-12-18(16)25)21-22(27-19)29-23(2,28-21)13-15-9-4-6-11-17(15)24/h4-7,9-12,19-22H,3,8,13-14H2,1-2H3/t19-,20+,21-,22-,23?/m1/s1. The molecule has 2 aromatic rings. The molecule has 2 aromatic carbocycles. The maximum Gasteiger partial charge on any atom is 0.190 e. The van der Waals surface area contributed by atoms with Crippen molar-refractivity contribution < 1.29 is 18.9 Å². The van der Waals surface area contributed by atoms with Gasteiger partial charge < -0.3 is 18.9 Å². The molecule has 0 aliphatic carbocycles. The molecule has 29 heavy (non-hydrogen) atoms. The van der Waals surface area contributed by atoms with Gasteiger partial charge in [0.05, 0.1) is 12.7 Å². The number of halogens is 2. The fraction of sp³-hybridized carbons (Fsp3) is 0.478. The Morgan fingerprint density at radius 2 is 1.62 bits per heavy atom. The summed E-state index contributed by atoms with van der Waals surface area (Å²) in [5.74, 6) is -0.816. The van der Waals surface area contributed by atoms with E-state index in [1.807, 2.05) is 55.5 Å². The number of benzene rings is 2. The van der Waals surface area contributed by atoms with Crippen molar-refractivity contribution in [2.24, 2.45) is 0 Å². The summed E-state index contributed by atoms with van der Waals surface area (Å²) in [6.07, 6.45) is 1.39. The van der Waals surface area contributed by atoms with E-state index in [4.69, 9.17) is 42.1 Å². The lowest BCUT2D eigenvalue weighted by atomic mass is 10.1. The van der Waals surface area contributed by atoms with Crippen molar-refractivity contribution in [2.75, 3.05) is 0 Å². The minimum Gasteiger partial charge on any atom is -0.368 e. The Morgan fingerprint density at radius 3 is 2.28 bits per heavy atom. The van der Waals surface area contributed by atoms with E-state index < -0.39 is 12.1 Å². The highest BCUT2D eigenvalue weighted by Crippen LogP contribution is 2.42. The van der Waals surface area contributed by atoms with Gasteiger partial charge in [0.15, 0.2) is 12.1 Å². The molecule has 2 fully saturated rings. The summed E-state index contributed by atoms with van der Waals surface area (Å²) in [6, 6.07) is 15.4. The highest BCUT2D eigenvalue weighted by Gasteiger charge is 2.56. The number of hydrogen-bond acceptors (Lipinski definition) is 4. The van der Waals surface area contributed by atoms with E-state index in [9.17, 15) is 0 Å². The van der Waals surface area contributed by atoms with Crippen molar-refractivity contribution in [1.82, 2.24) is 0 Å². The SMILES string of the molecule is CCC[C@H]1O[C@@H]2OC(C)(Cc3ccccc3Cl)O[C@@H]2[C@H]1OCc1ccccc1Cl. The topological polar surface area (TPSA) is 36.9 Å². The molecule has 0 amide bonds. The minimum atomic E-state index is -0.816. The maximum absolute atomic E-state index is 6.38. The second-order valence-electron chi connectivity index (χ2n) is 7.80. The molecule has 0 aromatic heterocycles. The molecule has 2 aliphatic rings. The van der Waals surface area contributed by atoms with Crippen LogP contribution in [0, 0.1) is 0 Å². The van der Waals surface area contributed by atoms with Gasteiger partial charge in [-0.3, -0.25) is 0 Å². The van der Waals surface area contributed by atoms with E-state index in [-0.39, 0.29) is 18.3 Å². The quantitative estimate of drug-likeness (QED) is 0.551. The van der Waals surface area contributed by atoms with Crippen LogP contribution >= 0.6 is 23.2 Å². The zero-order valence-electron chi connectivity index (χ0n) is 16.6. The summed E-state index contributed by atoms with van der Waals surface area (Å²) in [4.78, 5) is 0. The summed E-state index contributed by atoms with van der Waals surface area (Å²) in [5, 5.41) is 1.40.